The summed E-state index contributed by atoms with van der Waals surface area (Å²) in [6, 6.07) is 0.776. The van der Waals surface area contributed by atoms with Crippen LogP contribution in [-0.2, 0) is 9.47 Å². The molecule has 0 aromatic rings. The Balaban J connectivity index is 1.09. The summed E-state index contributed by atoms with van der Waals surface area (Å²) in [4.78, 5) is 5.37. The largest absolute Gasteiger partial charge is 0.381 e. The molecule has 0 spiro atoms. The molecule has 150 valence electrons. The molecule has 0 unspecified atom stereocenters. The van der Waals surface area contributed by atoms with Crippen molar-refractivity contribution in [2.45, 2.75) is 75.7 Å². The highest BCUT2D eigenvalue weighted by atomic mass is 16.5. The van der Waals surface area contributed by atoms with Crippen LogP contribution in [-0.4, -0.2) is 87.1 Å². The maximum absolute atomic E-state index is 6.44. The summed E-state index contributed by atoms with van der Waals surface area (Å²) in [6.45, 7) is 8.67. The molecule has 4 fully saturated rings. The van der Waals surface area contributed by atoms with Crippen LogP contribution in [0, 0.1) is 5.92 Å². The Morgan fingerprint density at radius 3 is 2.12 bits per heavy atom. The Labute approximate surface area is 159 Å². The molecule has 5 heteroatoms. The highest BCUT2D eigenvalue weighted by molar-refractivity contribution is 4.91. The van der Waals surface area contributed by atoms with Crippen LogP contribution in [0.5, 0.6) is 0 Å². The van der Waals surface area contributed by atoms with E-state index in [4.69, 9.17) is 9.47 Å². The van der Waals surface area contributed by atoms with Gasteiger partial charge in [-0.05, 0) is 70.4 Å². The van der Waals surface area contributed by atoms with Crippen molar-refractivity contribution < 1.29 is 9.47 Å². The minimum Gasteiger partial charge on any atom is -0.381 e. The van der Waals surface area contributed by atoms with Gasteiger partial charge in [0, 0.05) is 45.9 Å². The van der Waals surface area contributed by atoms with Crippen LogP contribution in [0.1, 0.15) is 51.4 Å². The number of likely N-dealkylation sites (tertiary alicyclic amines) is 2. The highest BCUT2D eigenvalue weighted by Crippen LogP contribution is 2.33. The molecule has 3 saturated heterocycles. The molecule has 4 aliphatic rings. The molecule has 26 heavy (non-hydrogen) atoms. The molecular weight excluding hydrogens is 326 g/mol. The summed E-state index contributed by atoms with van der Waals surface area (Å²) in [5, 5.41) is 3.48. The van der Waals surface area contributed by atoms with Crippen molar-refractivity contribution in [1.29, 1.82) is 0 Å². The van der Waals surface area contributed by atoms with Gasteiger partial charge >= 0.3 is 0 Å². The average Bonchev–Trinajstić information content (AvgIpc) is 2.67. The van der Waals surface area contributed by atoms with Gasteiger partial charge in [-0.3, -0.25) is 4.90 Å². The molecule has 1 saturated carbocycles. The van der Waals surface area contributed by atoms with E-state index in [1.165, 1.54) is 97.2 Å². The molecule has 0 aromatic heterocycles. The molecule has 5 nitrogen and oxygen atoms in total. The van der Waals surface area contributed by atoms with Gasteiger partial charge in [-0.25, -0.2) is 0 Å². The summed E-state index contributed by atoms with van der Waals surface area (Å²) in [5.74, 6) is 0.920. The normalized spacial score (nSPS) is 34.0. The van der Waals surface area contributed by atoms with Gasteiger partial charge in [0.2, 0.25) is 0 Å². The van der Waals surface area contributed by atoms with Gasteiger partial charge in [-0.15, -0.1) is 0 Å². The first-order valence-corrected chi connectivity index (χ1v) is 11.2. The molecule has 0 atom stereocenters. The van der Waals surface area contributed by atoms with E-state index in [1.54, 1.807) is 0 Å². The van der Waals surface area contributed by atoms with Gasteiger partial charge in [0.1, 0.15) is 0 Å². The standard InChI is InChI=1S/C21H39N3O2/c1-25-19-6-12-24(13-7-19)18-14-21(15-18)26-20-4-10-23(11-5-20)16-17-2-8-22-9-3-17/h17-22H,2-16H2,1H3. The lowest BCUT2D eigenvalue weighted by Gasteiger charge is -2.46. The molecule has 0 amide bonds. The van der Waals surface area contributed by atoms with Gasteiger partial charge in [-0.1, -0.05) is 0 Å². The van der Waals surface area contributed by atoms with Crippen molar-refractivity contribution in [3.63, 3.8) is 0 Å². The van der Waals surface area contributed by atoms with Gasteiger partial charge < -0.3 is 19.7 Å². The first kappa shape index (κ1) is 19.1. The van der Waals surface area contributed by atoms with E-state index in [0.717, 1.165) is 12.0 Å². The number of hydrogen-bond donors (Lipinski definition) is 1. The van der Waals surface area contributed by atoms with Crippen molar-refractivity contribution in [1.82, 2.24) is 15.1 Å². The number of ether oxygens (including phenoxy) is 2. The predicted molar refractivity (Wildman–Crippen MR) is 105 cm³/mol. The van der Waals surface area contributed by atoms with E-state index in [0.29, 0.717) is 18.3 Å². The summed E-state index contributed by atoms with van der Waals surface area (Å²) in [7, 11) is 1.85. The lowest BCUT2D eigenvalue weighted by Crippen LogP contribution is -2.52. The van der Waals surface area contributed by atoms with Crippen LogP contribution in [0.4, 0.5) is 0 Å². The average molecular weight is 366 g/mol. The predicted octanol–water partition coefficient (Wildman–Crippen LogP) is 2.11. The summed E-state index contributed by atoms with van der Waals surface area (Å²) in [6.07, 6.45) is 11.7. The Bertz CT molecular complexity index is 407. The Hall–Kier alpha value is -0.200. The maximum atomic E-state index is 6.44. The molecule has 4 rings (SSSR count). The fourth-order valence-corrected chi connectivity index (χ4v) is 5.35. The Kier molecular flexibility index (Phi) is 6.87. The van der Waals surface area contributed by atoms with Gasteiger partial charge in [0.15, 0.2) is 0 Å². The van der Waals surface area contributed by atoms with E-state index in [1.807, 2.05) is 7.11 Å². The van der Waals surface area contributed by atoms with E-state index in [-0.39, 0.29) is 0 Å². The van der Waals surface area contributed by atoms with Gasteiger partial charge in [-0.2, -0.15) is 0 Å². The van der Waals surface area contributed by atoms with Crippen LogP contribution in [0.2, 0.25) is 0 Å². The van der Waals surface area contributed by atoms with Crippen LogP contribution in [0.3, 0.4) is 0 Å². The zero-order valence-electron chi connectivity index (χ0n) is 16.7. The zero-order valence-corrected chi connectivity index (χ0v) is 16.7. The fourth-order valence-electron chi connectivity index (χ4n) is 5.35. The van der Waals surface area contributed by atoms with Crippen molar-refractivity contribution in [3.05, 3.63) is 0 Å². The van der Waals surface area contributed by atoms with Gasteiger partial charge in [0.05, 0.1) is 18.3 Å². The smallest absolute Gasteiger partial charge is 0.0608 e. The topological polar surface area (TPSA) is 37.0 Å². The molecule has 1 aliphatic carbocycles. The Morgan fingerprint density at radius 2 is 1.46 bits per heavy atom. The van der Waals surface area contributed by atoms with Gasteiger partial charge in [0.25, 0.3) is 0 Å². The second kappa shape index (κ2) is 9.33. The van der Waals surface area contributed by atoms with Crippen molar-refractivity contribution in [3.8, 4) is 0 Å². The maximum Gasteiger partial charge on any atom is 0.0608 e. The second-order valence-electron chi connectivity index (χ2n) is 9.05. The SMILES string of the molecule is COC1CCN(C2CC(OC3CCN(CC4CCNCC4)CC3)C2)CC1. The third-order valence-corrected chi connectivity index (χ3v) is 7.29. The number of nitrogens with zero attached hydrogens (tertiary/aromatic N) is 2. The molecule has 1 N–H and O–H groups in total. The summed E-state index contributed by atoms with van der Waals surface area (Å²) in [5.41, 5.74) is 0. The molecule has 0 aromatic carbocycles. The van der Waals surface area contributed by atoms with Crippen LogP contribution in [0.15, 0.2) is 0 Å². The lowest BCUT2D eigenvalue weighted by atomic mass is 9.86. The molecule has 3 aliphatic heterocycles. The number of hydrogen-bond acceptors (Lipinski definition) is 5. The van der Waals surface area contributed by atoms with Crippen LogP contribution >= 0.6 is 0 Å². The lowest BCUT2D eigenvalue weighted by molar-refractivity contribution is -0.110. The number of nitrogens with one attached hydrogen (secondary N) is 1. The number of methoxy groups -OCH3 is 1. The summed E-state index contributed by atoms with van der Waals surface area (Å²) >= 11 is 0. The van der Waals surface area contributed by atoms with Crippen molar-refractivity contribution >= 4 is 0 Å². The minimum atomic E-state index is 0.494. The Morgan fingerprint density at radius 1 is 0.808 bits per heavy atom. The summed E-state index contributed by atoms with van der Waals surface area (Å²) < 4.78 is 11.9. The van der Waals surface area contributed by atoms with Crippen molar-refractivity contribution in [2.24, 2.45) is 5.92 Å². The van der Waals surface area contributed by atoms with Crippen LogP contribution in [0.25, 0.3) is 0 Å². The quantitative estimate of drug-likeness (QED) is 0.780. The minimum absolute atomic E-state index is 0.494. The van der Waals surface area contributed by atoms with Crippen molar-refractivity contribution in [2.75, 3.05) is 52.9 Å². The van der Waals surface area contributed by atoms with Crippen LogP contribution < -0.4 is 5.32 Å². The second-order valence-corrected chi connectivity index (χ2v) is 9.05. The third-order valence-electron chi connectivity index (χ3n) is 7.29. The van der Waals surface area contributed by atoms with E-state index < -0.39 is 0 Å². The monoisotopic (exact) mass is 365 g/mol. The van der Waals surface area contributed by atoms with E-state index >= 15 is 0 Å². The first-order chi connectivity index (χ1) is 12.8. The first-order valence-electron chi connectivity index (χ1n) is 11.2. The fraction of sp³-hybridized carbons (Fsp3) is 1.00. The highest BCUT2D eigenvalue weighted by Gasteiger charge is 2.37. The van der Waals surface area contributed by atoms with E-state index in [2.05, 4.69) is 15.1 Å². The third kappa shape index (κ3) is 4.99. The molecule has 0 radical (unpaired) electrons. The number of rotatable bonds is 6. The van der Waals surface area contributed by atoms with E-state index in [9.17, 15) is 0 Å². The molecule has 0 bridgehead atoms. The number of piperidine rings is 3. The zero-order chi connectivity index (χ0) is 17.8. The molecular formula is C21H39N3O2. The molecule has 3 heterocycles.